The maximum absolute atomic E-state index is 12.7. The molecule has 5 heteroatoms. The van der Waals surface area contributed by atoms with Crippen LogP contribution in [-0.2, 0) is 0 Å². The Morgan fingerprint density at radius 1 is 0.900 bits per heavy atom. The number of fused-ring (bicyclic) bond motifs is 1. The van der Waals surface area contributed by atoms with Crippen LogP contribution in [0.15, 0.2) is 72.1 Å². The van der Waals surface area contributed by atoms with E-state index in [0.29, 0.717) is 5.56 Å². The van der Waals surface area contributed by atoms with Gasteiger partial charge in [-0.3, -0.25) is 4.79 Å². The number of benzene rings is 3. The van der Waals surface area contributed by atoms with Gasteiger partial charge in [-0.1, -0.05) is 42.5 Å². The number of carbonyl (C=O) groups is 1. The second kappa shape index (κ2) is 8.28. The SMILES string of the molecule is O=C(Nc1ccc(-c2csc(N3CCCCC3)n2)cc1)c1ccc2ccccc2c1. The average molecular weight is 414 g/mol. The predicted molar refractivity (Wildman–Crippen MR) is 126 cm³/mol. The number of thiazole rings is 1. The molecule has 0 radical (unpaired) electrons. The lowest BCUT2D eigenvalue weighted by Gasteiger charge is -2.25. The second-order valence-electron chi connectivity index (χ2n) is 7.66. The minimum Gasteiger partial charge on any atom is -0.348 e. The van der Waals surface area contributed by atoms with E-state index in [1.807, 2.05) is 66.7 Å². The van der Waals surface area contributed by atoms with Gasteiger partial charge in [0.05, 0.1) is 5.69 Å². The molecular formula is C25H23N3OS. The van der Waals surface area contributed by atoms with Crippen LogP contribution in [0.5, 0.6) is 0 Å². The van der Waals surface area contributed by atoms with E-state index in [1.165, 1.54) is 19.3 Å². The smallest absolute Gasteiger partial charge is 0.255 e. The molecule has 0 aliphatic carbocycles. The molecule has 4 aromatic rings. The molecule has 0 saturated carbocycles. The number of amides is 1. The normalized spacial score (nSPS) is 14.1. The van der Waals surface area contributed by atoms with Gasteiger partial charge < -0.3 is 10.2 Å². The Balaban J connectivity index is 1.28. The van der Waals surface area contributed by atoms with Crippen molar-refractivity contribution in [3.05, 3.63) is 77.7 Å². The molecule has 0 spiro atoms. The van der Waals surface area contributed by atoms with Crippen molar-refractivity contribution in [3.63, 3.8) is 0 Å². The van der Waals surface area contributed by atoms with Crippen molar-refractivity contribution in [2.75, 3.05) is 23.3 Å². The minimum absolute atomic E-state index is 0.102. The van der Waals surface area contributed by atoms with Gasteiger partial charge in [-0.05, 0) is 54.3 Å². The highest BCUT2D eigenvalue weighted by Crippen LogP contribution is 2.30. The van der Waals surface area contributed by atoms with Gasteiger partial charge in [0.15, 0.2) is 5.13 Å². The number of nitrogens with one attached hydrogen (secondary N) is 1. The number of carbonyl (C=O) groups excluding carboxylic acids is 1. The average Bonchev–Trinajstić information content (AvgIpc) is 3.30. The Labute approximate surface area is 180 Å². The standard InChI is InChI=1S/C25H23N3OS/c29-24(21-9-8-18-6-2-3-7-20(18)16-21)26-22-12-10-19(11-13-22)23-17-30-25(27-23)28-14-4-1-5-15-28/h2-3,6-13,16-17H,1,4-5,14-15H2,(H,26,29). The van der Waals surface area contributed by atoms with Gasteiger partial charge in [-0.25, -0.2) is 4.98 Å². The first-order valence-electron chi connectivity index (χ1n) is 10.4. The van der Waals surface area contributed by atoms with Gasteiger partial charge in [0.25, 0.3) is 5.91 Å². The van der Waals surface area contributed by atoms with Crippen LogP contribution in [0.4, 0.5) is 10.8 Å². The summed E-state index contributed by atoms with van der Waals surface area (Å²) in [5.41, 5.74) is 3.50. The topological polar surface area (TPSA) is 45.2 Å². The lowest BCUT2D eigenvalue weighted by Crippen LogP contribution is -2.29. The van der Waals surface area contributed by atoms with Gasteiger partial charge in [-0.15, -0.1) is 11.3 Å². The molecule has 30 heavy (non-hydrogen) atoms. The first kappa shape index (κ1) is 18.8. The van der Waals surface area contributed by atoms with E-state index in [9.17, 15) is 4.79 Å². The molecule has 0 unspecified atom stereocenters. The van der Waals surface area contributed by atoms with E-state index in [1.54, 1.807) is 11.3 Å². The quantitative estimate of drug-likeness (QED) is 0.433. The van der Waals surface area contributed by atoms with Gasteiger partial charge in [0.2, 0.25) is 0 Å². The molecule has 1 N–H and O–H groups in total. The highest BCUT2D eigenvalue weighted by atomic mass is 32.1. The molecule has 150 valence electrons. The van der Waals surface area contributed by atoms with E-state index in [2.05, 4.69) is 15.6 Å². The van der Waals surface area contributed by atoms with E-state index < -0.39 is 0 Å². The number of piperidine rings is 1. The van der Waals surface area contributed by atoms with Crippen LogP contribution in [0, 0.1) is 0 Å². The van der Waals surface area contributed by atoms with E-state index in [4.69, 9.17) is 4.98 Å². The third-order valence-electron chi connectivity index (χ3n) is 5.57. The number of hydrogen-bond donors (Lipinski definition) is 1. The summed E-state index contributed by atoms with van der Waals surface area (Å²) >= 11 is 1.71. The molecule has 0 atom stereocenters. The maximum Gasteiger partial charge on any atom is 0.255 e. The van der Waals surface area contributed by atoms with Crippen molar-refractivity contribution in [1.82, 2.24) is 4.98 Å². The zero-order valence-electron chi connectivity index (χ0n) is 16.7. The molecule has 1 aliphatic heterocycles. The van der Waals surface area contributed by atoms with Crippen molar-refractivity contribution in [1.29, 1.82) is 0 Å². The first-order chi connectivity index (χ1) is 14.8. The van der Waals surface area contributed by atoms with Crippen molar-refractivity contribution in [2.45, 2.75) is 19.3 Å². The molecule has 1 fully saturated rings. The lowest BCUT2D eigenvalue weighted by molar-refractivity contribution is 0.102. The summed E-state index contributed by atoms with van der Waals surface area (Å²) in [5.74, 6) is -0.102. The summed E-state index contributed by atoms with van der Waals surface area (Å²) in [7, 11) is 0. The first-order valence-corrected chi connectivity index (χ1v) is 11.3. The molecule has 4 nitrogen and oxygen atoms in total. The Hall–Kier alpha value is -3.18. The van der Waals surface area contributed by atoms with Crippen molar-refractivity contribution >= 4 is 38.8 Å². The van der Waals surface area contributed by atoms with Gasteiger partial charge in [0, 0.05) is 35.3 Å². The summed E-state index contributed by atoms with van der Waals surface area (Å²) in [6.07, 6.45) is 3.82. The van der Waals surface area contributed by atoms with Crippen LogP contribution in [-0.4, -0.2) is 24.0 Å². The molecule has 5 rings (SSSR count). The summed E-state index contributed by atoms with van der Waals surface area (Å²) in [6, 6.07) is 21.7. The molecule has 1 amide bonds. The van der Waals surface area contributed by atoms with Crippen molar-refractivity contribution < 1.29 is 4.79 Å². The van der Waals surface area contributed by atoms with E-state index >= 15 is 0 Å². The molecule has 1 saturated heterocycles. The molecule has 1 aliphatic rings. The lowest BCUT2D eigenvalue weighted by atomic mass is 10.1. The minimum atomic E-state index is -0.102. The van der Waals surface area contributed by atoms with Gasteiger partial charge >= 0.3 is 0 Å². The Morgan fingerprint density at radius 2 is 1.67 bits per heavy atom. The summed E-state index contributed by atoms with van der Waals surface area (Å²) in [6.45, 7) is 2.21. The van der Waals surface area contributed by atoms with Gasteiger partial charge in [0.1, 0.15) is 0 Å². The van der Waals surface area contributed by atoms with Crippen LogP contribution >= 0.6 is 11.3 Å². The van der Waals surface area contributed by atoms with Gasteiger partial charge in [-0.2, -0.15) is 0 Å². The number of anilines is 2. The maximum atomic E-state index is 12.7. The Bertz CT molecular complexity index is 1180. The van der Waals surface area contributed by atoms with Crippen molar-refractivity contribution in [3.8, 4) is 11.3 Å². The van der Waals surface area contributed by atoms with E-state index in [0.717, 1.165) is 45.9 Å². The van der Waals surface area contributed by atoms with Crippen molar-refractivity contribution in [2.24, 2.45) is 0 Å². The third kappa shape index (κ3) is 3.94. The fourth-order valence-electron chi connectivity index (χ4n) is 3.89. The number of rotatable bonds is 4. The monoisotopic (exact) mass is 413 g/mol. The van der Waals surface area contributed by atoms with Crippen LogP contribution in [0.2, 0.25) is 0 Å². The highest BCUT2D eigenvalue weighted by Gasteiger charge is 2.15. The molecule has 3 aromatic carbocycles. The fourth-order valence-corrected chi connectivity index (χ4v) is 4.77. The Morgan fingerprint density at radius 3 is 2.47 bits per heavy atom. The molecule has 0 bridgehead atoms. The zero-order valence-corrected chi connectivity index (χ0v) is 17.5. The van der Waals surface area contributed by atoms with Crippen LogP contribution in [0.3, 0.4) is 0 Å². The molecular weight excluding hydrogens is 390 g/mol. The molecule has 1 aromatic heterocycles. The number of aromatic nitrogens is 1. The third-order valence-corrected chi connectivity index (χ3v) is 6.47. The zero-order chi connectivity index (χ0) is 20.3. The number of hydrogen-bond acceptors (Lipinski definition) is 4. The number of nitrogens with zero attached hydrogens (tertiary/aromatic N) is 2. The fraction of sp³-hybridized carbons (Fsp3) is 0.200. The summed E-state index contributed by atoms with van der Waals surface area (Å²) in [5, 5.41) is 8.41. The summed E-state index contributed by atoms with van der Waals surface area (Å²) < 4.78 is 0. The van der Waals surface area contributed by atoms with Crippen LogP contribution in [0.1, 0.15) is 29.6 Å². The highest BCUT2D eigenvalue weighted by molar-refractivity contribution is 7.14. The largest absolute Gasteiger partial charge is 0.348 e. The van der Waals surface area contributed by atoms with Crippen LogP contribution < -0.4 is 10.2 Å². The molecule has 2 heterocycles. The Kier molecular flexibility index (Phi) is 5.20. The summed E-state index contributed by atoms with van der Waals surface area (Å²) in [4.78, 5) is 19.9. The van der Waals surface area contributed by atoms with E-state index in [-0.39, 0.29) is 5.91 Å². The van der Waals surface area contributed by atoms with Crippen LogP contribution in [0.25, 0.3) is 22.0 Å². The predicted octanol–water partition coefficient (Wildman–Crippen LogP) is 6.21. The second-order valence-corrected chi connectivity index (χ2v) is 8.49.